The molecule has 0 aliphatic heterocycles. The standard InChI is InChI=1S/C13H18ClNO2S/c1-3-18-12-5-4-10(14)8-11(12)13(17)15-9(2)6-7-16/h4-5,8-9,16H,3,6-7H2,1-2H3,(H,15,17)/t9-/m1/s1. The van der Waals surface area contributed by atoms with Gasteiger partial charge in [-0.05, 0) is 37.3 Å². The van der Waals surface area contributed by atoms with Crippen molar-refractivity contribution in [2.75, 3.05) is 12.4 Å². The normalized spacial score (nSPS) is 12.2. The van der Waals surface area contributed by atoms with Crippen molar-refractivity contribution < 1.29 is 9.90 Å². The van der Waals surface area contributed by atoms with Crippen molar-refractivity contribution in [1.82, 2.24) is 5.32 Å². The molecule has 1 atom stereocenters. The Bertz CT molecular complexity index is 412. The predicted octanol–water partition coefficient (Wildman–Crippen LogP) is 2.95. The van der Waals surface area contributed by atoms with Crippen molar-refractivity contribution in [2.24, 2.45) is 0 Å². The molecule has 0 saturated heterocycles. The highest BCUT2D eigenvalue weighted by molar-refractivity contribution is 7.99. The third kappa shape index (κ3) is 4.52. The lowest BCUT2D eigenvalue weighted by Gasteiger charge is -2.14. The van der Waals surface area contributed by atoms with Crippen LogP contribution in [0.15, 0.2) is 23.1 Å². The number of amides is 1. The van der Waals surface area contributed by atoms with Crippen LogP contribution < -0.4 is 5.32 Å². The lowest BCUT2D eigenvalue weighted by atomic mass is 10.2. The van der Waals surface area contributed by atoms with Crippen molar-refractivity contribution in [3.05, 3.63) is 28.8 Å². The molecule has 0 aromatic heterocycles. The second kappa shape index (κ2) is 7.67. The van der Waals surface area contributed by atoms with Gasteiger partial charge < -0.3 is 10.4 Å². The Hall–Kier alpha value is -0.710. The number of benzene rings is 1. The monoisotopic (exact) mass is 287 g/mol. The summed E-state index contributed by atoms with van der Waals surface area (Å²) in [5.41, 5.74) is 0.596. The van der Waals surface area contributed by atoms with E-state index < -0.39 is 0 Å². The van der Waals surface area contributed by atoms with Gasteiger partial charge in [0, 0.05) is 22.6 Å². The van der Waals surface area contributed by atoms with Crippen LogP contribution in [0.4, 0.5) is 0 Å². The predicted molar refractivity (Wildman–Crippen MR) is 76.5 cm³/mol. The molecule has 0 heterocycles. The number of aliphatic hydroxyl groups excluding tert-OH is 1. The number of hydrogen-bond acceptors (Lipinski definition) is 3. The Labute approximate surface area is 117 Å². The minimum absolute atomic E-state index is 0.0547. The highest BCUT2D eigenvalue weighted by Gasteiger charge is 2.14. The van der Waals surface area contributed by atoms with Gasteiger partial charge in [0.1, 0.15) is 0 Å². The van der Waals surface area contributed by atoms with Crippen LogP contribution in [0.1, 0.15) is 30.6 Å². The van der Waals surface area contributed by atoms with Gasteiger partial charge in [-0.1, -0.05) is 18.5 Å². The number of carbonyl (C=O) groups is 1. The van der Waals surface area contributed by atoms with Crippen LogP contribution in [0.3, 0.4) is 0 Å². The van der Waals surface area contributed by atoms with Crippen molar-refractivity contribution in [3.8, 4) is 0 Å². The van der Waals surface area contributed by atoms with Crippen molar-refractivity contribution in [2.45, 2.75) is 31.2 Å². The molecule has 0 aliphatic carbocycles. The topological polar surface area (TPSA) is 49.3 Å². The molecule has 0 saturated carbocycles. The fourth-order valence-electron chi connectivity index (χ4n) is 1.53. The Balaban J connectivity index is 2.85. The first kappa shape index (κ1) is 15.3. The van der Waals surface area contributed by atoms with Crippen LogP contribution in [-0.2, 0) is 0 Å². The lowest BCUT2D eigenvalue weighted by Crippen LogP contribution is -2.33. The minimum atomic E-state index is -0.144. The second-order valence-electron chi connectivity index (χ2n) is 3.96. The molecular weight excluding hydrogens is 270 g/mol. The minimum Gasteiger partial charge on any atom is -0.396 e. The summed E-state index contributed by atoms with van der Waals surface area (Å²) in [7, 11) is 0. The molecule has 0 aliphatic rings. The van der Waals surface area contributed by atoms with E-state index in [-0.39, 0.29) is 18.6 Å². The maximum Gasteiger partial charge on any atom is 0.252 e. The summed E-state index contributed by atoms with van der Waals surface area (Å²) in [5, 5.41) is 12.2. The summed E-state index contributed by atoms with van der Waals surface area (Å²) in [6, 6.07) is 5.27. The second-order valence-corrected chi connectivity index (χ2v) is 5.70. The van der Waals surface area contributed by atoms with E-state index in [1.165, 1.54) is 0 Å². The molecule has 1 aromatic carbocycles. The fraction of sp³-hybridized carbons (Fsp3) is 0.462. The number of halogens is 1. The van der Waals surface area contributed by atoms with Gasteiger partial charge in [-0.2, -0.15) is 0 Å². The number of nitrogens with one attached hydrogen (secondary N) is 1. The van der Waals surface area contributed by atoms with E-state index in [9.17, 15) is 4.79 Å². The Morgan fingerprint density at radius 3 is 2.89 bits per heavy atom. The number of carbonyl (C=O) groups excluding carboxylic acids is 1. The van der Waals surface area contributed by atoms with Crippen LogP contribution in [0.5, 0.6) is 0 Å². The molecule has 100 valence electrons. The van der Waals surface area contributed by atoms with Crippen molar-refractivity contribution in [1.29, 1.82) is 0 Å². The van der Waals surface area contributed by atoms with E-state index in [2.05, 4.69) is 5.32 Å². The van der Waals surface area contributed by atoms with E-state index in [1.807, 2.05) is 19.9 Å². The van der Waals surface area contributed by atoms with E-state index in [0.29, 0.717) is 17.0 Å². The Kier molecular flexibility index (Phi) is 6.54. The number of thioether (sulfide) groups is 1. The van der Waals surface area contributed by atoms with E-state index >= 15 is 0 Å². The van der Waals surface area contributed by atoms with Gasteiger partial charge in [0.2, 0.25) is 0 Å². The summed E-state index contributed by atoms with van der Waals surface area (Å²) in [6.07, 6.45) is 0.544. The van der Waals surface area contributed by atoms with E-state index in [0.717, 1.165) is 10.6 Å². The van der Waals surface area contributed by atoms with Gasteiger partial charge in [0.15, 0.2) is 0 Å². The first-order chi connectivity index (χ1) is 8.58. The molecule has 5 heteroatoms. The first-order valence-electron chi connectivity index (χ1n) is 5.92. The zero-order chi connectivity index (χ0) is 13.5. The smallest absolute Gasteiger partial charge is 0.252 e. The van der Waals surface area contributed by atoms with Gasteiger partial charge in [-0.15, -0.1) is 11.8 Å². The third-order valence-electron chi connectivity index (χ3n) is 2.43. The van der Waals surface area contributed by atoms with Gasteiger partial charge in [0.25, 0.3) is 5.91 Å². The summed E-state index contributed by atoms with van der Waals surface area (Å²) < 4.78 is 0. The van der Waals surface area contributed by atoms with Crippen LogP contribution in [0.2, 0.25) is 5.02 Å². The van der Waals surface area contributed by atoms with Crippen LogP contribution in [0.25, 0.3) is 0 Å². The maximum atomic E-state index is 12.1. The Morgan fingerprint density at radius 1 is 1.56 bits per heavy atom. The molecule has 2 N–H and O–H groups in total. The molecule has 3 nitrogen and oxygen atoms in total. The summed E-state index contributed by atoms with van der Waals surface area (Å²) in [4.78, 5) is 13.0. The third-order valence-corrected chi connectivity index (χ3v) is 3.62. The SMILES string of the molecule is CCSc1ccc(Cl)cc1C(=O)N[C@H](C)CCO. The maximum absolute atomic E-state index is 12.1. The zero-order valence-corrected chi connectivity index (χ0v) is 12.1. The van der Waals surface area contributed by atoms with Gasteiger partial charge in [0.05, 0.1) is 5.56 Å². The van der Waals surface area contributed by atoms with E-state index in [4.69, 9.17) is 16.7 Å². The molecule has 0 bridgehead atoms. The Morgan fingerprint density at radius 2 is 2.28 bits per heavy atom. The van der Waals surface area contributed by atoms with Gasteiger partial charge in [-0.25, -0.2) is 0 Å². The first-order valence-corrected chi connectivity index (χ1v) is 7.29. The van der Waals surface area contributed by atoms with Crippen LogP contribution in [0, 0.1) is 0 Å². The summed E-state index contributed by atoms with van der Waals surface area (Å²) >= 11 is 7.54. The number of hydrogen-bond donors (Lipinski definition) is 2. The van der Waals surface area contributed by atoms with Crippen molar-refractivity contribution >= 4 is 29.3 Å². The number of aliphatic hydroxyl groups is 1. The molecule has 0 fully saturated rings. The molecule has 1 rings (SSSR count). The fourth-order valence-corrected chi connectivity index (χ4v) is 2.48. The summed E-state index contributed by atoms with van der Waals surface area (Å²) in [5.74, 6) is 0.753. The molecule has 0 spiro atoms. The molecule has 0 radical (unpaired) electrons. The van der Waals surface area contributed by atoms with Crippen LogP contribution in [-0.4, -0.2) is 29.4 Å². The highest BCUT2D eigenvalue weighted by Crippen LogP contribution is 2.25. The van der Waals surface area contributed by atoms with Gasteiger partial charge in [-0.3, -0.25) is 4.79 Å². The van der Waals surface area contributed by atoms with Crippen molar-refractivity contribution in [3.63, 3.8) is 0 Å². The average Bonchev–Trinajstić information content (AvgIpc) is 2.32. The molecule has 18 heavy (non-hydrogen) atoms. The van der Waals surface area contributed by atoms with E-state index in [1.54, 1.807) is 23.9 Å². The number of rotatable bonds is 6. The van der Waals surface area contributed by atoms with Crippen LogP contribution >= 0.6 is 23.4 Å². The zero-order valence-electron chi connectivity index (χ0n) is 10.6. The highest BCUT2D eigenvalue weighted by atomic mass is 35.5. The molecule has 1 aromatic rings. The average molecular weight is 288 g/mol. The molecule has 0 unspecified atom stereocenters. The largest absolute Gasteiger partial charge is 0.396 e. The van der Waals surface area contributed by atoms with Gasteiger partial charge >= 0.3 is 0 Å². The molecule has 1 amide bonds. The molecular formula is C13H18ClNO2S. The quantitative estimate of drug-likeness (QED) is 0.791. The summed E-state index contributed by atoms with van der Waals surface area (Å²) in [6.45, 7) is 3.97. The lowest BCUT2D eigenvalue weighted by molar-refractivity contribution is 0.0931.